The maximum Gasteiger partial charge on any atom is 0.265 e. The molecule has 0 spiro atoms. The summed E-state index contributed by atoms with van der Waals surface area (Å²) in [5, 5.41) is 8.69. The van der Waals surface area contributed by atoms with Crippen molar-refractivity contribution in [2.45, 2.75) is 6.42 Å². The Balaban J connectivity index is 2.83. The summed E-state index contributed by atoms with van der Waals surface area (Å²) in [4.78, 5) is 0. The van der Waals surface area contributed by atoms with E-state index in [0.29, 0.717) is 11.1 Å². The van der Waals surface area contributed by atoms with Gasteiger partial charge in [-0.15, -0.1) is 0 Å². The molecule has 0 radical (unpaired) electrons. The first-order valence-electron chi connectivity index (χ1n) is 3.96. The van der Waals surface area contributed by atoms with E-state index >= 15 is 0 Å². The molecule has 0 unspecified atom stereocenters. The van der Waals surface area contributed by atoms with E-state index in [1.54, 1.807) is 24.3 Å². The predicted octanol–water partition coefficient (Wildman–Crippen LogP) is 0.989. The van der Waals surface area contributed by atoms with Gasteiger partial charge in [-0.05, 0) is 18.1 Å². The largest absolute Gasteiger partial charge is 0.286 e. The van der Waals surface area contributed by atoms with E-state index < -0.39 is 10.1 Å². The standard InChI is InChI=1S/C9H9NO3S/c10-7-9-4-2-1-3-8(9)5-6-14(11,12)13/h1-4H,5-6H2,(H,11,12,13). The Morgan fingerprint density at radius 3 is 2.57 bits per heavy atom. The van der Waals surface area contributed by atoms with E-state index in [2.05, 4.69) is 0 Å². The zero-order chi connectivity index (χ0) is 10.6. The highest BCUT2D eigenvalue weighted by Gasteiger charge is 2.07. The molecule has 0 fully saturated rings. The van der Waals surface area contributed by atoms with Crippen molar-refractivity contribution >= 4 is 10.1 Å². The van der Waals surface area contributed by atoms with Crippen LogP contribution in [0.2, 0.25) is 0 Å². The van der Waals surface area contributed by atoms with E-state index in [0.717, 1.165) is 0 Å². The molecular weight excluding hydrogens is 202 g/mol. The van der Waals surface area contributed by atoms with E-state index in [9.17, 15) is 8.42 Å². The first kappa shape index (κ1) is 10.7. The molecule has 1 rings (SSSR count). The SMILES string of the molecule is N#Cc1ccccc1CCS(=O)(=O)O. The molecule has 0 aliphatic carbocycles. The van der Waals surface area contributed by atoms with Crippen LogP contribution in [-0.2, 0) is 16.5 Å². The molecular formula is C9H9NO3S. The molecule has 1 aromatic rings. The Labute approximate surface area is 82.5 Å². The number of aryl methyl sites for hydroxylation is 1. The van der Waals surface area contributed by atoms with E-state index in [-0.39, 0.29) is 12.2 Å². The van der Waals surface area contributed by atoms with Gasteiger partial charge in [0.2, 0.25) is 0 Å². The molecule has 0 amide bonds. The molecule has 0 aliphatic heterocycles. The van der Waals surface area contributed by atoms with Gasteiger partial charge in [-0.25, -0.2) is 0 Å². The van der Waals surface area contributed by atoms with Crippen LogP contribution in [0.15, 0.2) is 24.3 Å². The van der Waals surface area contributed by atoms with Gasteiger partial charge in [0.15, 0.2) is 0 Å². The Kier molecular flexibility index (Phi) is 3.23. The number of hydrogen-bond donors (Lipinski definition) is 1. The van der Waals surface area contributed by atoms with Crippen LogP contribution in [0.3, 0.4) is 0 Å². The Bertz CT molecular complexity index is 459. The van der Waals surface area contributed by atoms with Gasteiger partial charge in [-0.1, -0.05) is 18.2 Å². The zero-order valence-electron chi connectivity index (χ0n) is 7.34. The fraction of sp³-hybridized carbons (Fsp3) is 0.222. The van der Waals surface area contributed by atoms with Crippen LogP contribution >= 0.6 is 0 Å². The number of benzene rings is 1. The van der Waals surface area contributed by atoms with E-state index in [4.69, 9.17) is 9.81 Å². The second-order valence-corrected chi connectivity index (χ2v) is 4.38. The second kappa shape index (κ2) is 4.22. The lowest BCUT2D eigenvalue weighted by atomic mass is 10.1. The molecule has 5 heteroatoms. The minimum Gasteiger partial charge on any atom is -0.286 e. The fourth-order valence-corrected chi connectivity index (χ4v) is 1.56. The Morgan fingerprint density at radius 1 is 1.36 bits per heavy atom. The van der Waals surface area contributed by atoms with Crippen LogP contribution in [0.1, 0.15) is 11.1 Å². The van der Waals surface area contributed by atoms with Crippen molar-refractivity contribution in [2.24, 2.45) is 0 Å². The highest BCUT2D eigenvalue weighted by molar-refractivity contribution is 7.85. The summed E-state index contributed by atoms with van der Waals surface area (Å²) >= 11 is 0. The van der Waals surface area contributed by atoms with Gasteiger partial charge in [0.25, 0.3) is 10.1 Å². The molecule has 4 nitrogen and oxygen atoms in total. The minimum atomic E-state index is -3.96. The molecule has 0 saturated heterocycles. The molecule has 14 heavy (non-hydrogen) atoms. The highest BCUT2D eigenvalue weighted by Crippen LogP contribution is 2.08. The summed E-state index contributed by atoms with van der Waals surface area (Å²) in [7, 11) is -3.96. The van der Waals surface area contributed by atoms with Gasteiger partial charge in [-0.3, -0.25) is 4.55 Å². The average molecular weight is 211 g/mol. The first-order chi connectivity index (χ1) is 6.53. The third-order valence-electron chi connectivity index (χ3n) is 1.77. The fourth-order valence-electron chi connectivity index (χ4n) is 1.09. The lowest BCUT2D eigenvalue weighted by Crippen LogP contribution is -2.07. The number of rotatable bonds is 3. The summed E-state index contributed by atoms with van der Waals surface area (Å²) in [6, 6.07) is 8.66. The summed E-state index contributed by atoms with van der Waals surface area (Å²) < 4.78 is 29.5. The molecule has 74 valence electrons. The maximum atomic E-state index is 10.5. The van der Waals surface area contributed by atoms with Crippen LogP contribution in [-0.4, -0.2) is 18.7 Å². The Morgan fingerprint density at radius 2 is 2.00 bits per heavy atom. The topological polar surface area (TPSA) is 78.2 Å². The predicted molar refractivity (Wildman–Crippen MR) is 51.3 cm³/mol. The van der Waals surface area contributed by atoms with Gasteiger partial charge >= 0.3 is 0 Å². The maximum absolute atomic E-state index is 10.5. The van der Waals surface area contributed by atoms with Crippen LogP contribution in [0.5, 0.6) is 0 Å². The van der Waals surface area contributed by atoms with Crippen molar-refractivity contribution in [2.75, 3.05) is 5.75 Å². The third-order valence-corrected chi connectivity index (χ3v) is 2.49. The number of nitrogens with zero attached hydrogens (tertiary/aromatic N) is 1. The smallest absolute Gasteiger partial charge is 0.265 e. The third kappa shape index (κ3) is 3.17. The summed E-state index contributed by atoms with van der Waals surface area (Å²) in [6.45, 7) is 0. The van der Waals surface area contributed by atoms with Crippen molar-refractivity contribution in [1.82, 2.24) is 0 Å². The molecule has 0 heterocycles. The molecule has 1 aromatic carbocycles. The van der Waals surface area contributed by atoms with Gasteiger partial charge in [0.1, 0.15) is 0 Å². The van der Waals surface area contributed by atoms with Gasteiger partial charge in [0.05, 0.1) is 17.4 Å². The van der Waals surface area contributed by atoms with Gasteiger partial charge in [-0.2, -0.15) is 13.7 Å². The molecule has 1 N–H and O–H groups in total. The summed E-state index contributed by atoms with van der Waals surface area (Å²) in [5.41, 5.74) is 1.07. The van der Waals surface area contributed by atoms with E-state index in [1.165, 1.54) is 0 Å². The summed E-state index contributed by atoms with van der Waals surface area (Å²) in [6.07, 6.45) is 0.155. The second-order valence-electron chi connectivity index (χ2n) is 2.80. The number of hydrogen-bond acceptors (Lipinski definition) is 3. The zero-order valence-corrected chi connectivity index (χ0v) is 8.16. The van der Waals surface area contributed by atoms with Crippen LogP contribution in [0.25, 0.3) is 0 Å². The average Bonchev–Trinajstić information content (AvgIpc) is 2.14. The normalized spacial score (nSPS) is 10.9. The van der Waals surface area contributed by atoms with Crippen molar-refractivity contribution in [3.05, 3.63) is 35.4 Å². The van der Waals surface area contributed by atoms with Gasteiger partial charge in [0, 0.05) is 0 Å². The van der Waals surface area contributed by atoms with Crippen LogP contribution in [0, 0.1) is 11.3 Å². The van der Waals surface area contributed by atoms with Crippen LogP contribution < -0.4 is 0 Å². The molecule has 0 atom stereocenters. The van der Waals surface area contributed by atoms with Crippen molar-refractivity contribution in [1.29, 1.82) is 5.26 Å². The van der Waals surface area contributed by atoms with Crippen molar-refractivity contribution in [3.8, 4) is 6.07 Å². The van der Waals surface area contributed by atoms with E-state index in [1.807, 2.05) is 6.07 Å². The minimum absolute atomic E-state index is 0.155. The van der Waals surface area contributed by atoms with Crippen molar-refractivity contribution < 1.29 is 13.0 Å². The highest BCUT2D eigenvalue weighted by atomic mass is 32.2. The number of nitriles is 1. The first-order valence-corrected chi connectivity index (χ1v) is 5.57. The lowest BCUT2D eigenvalue weighted by molar-refractivity contribution is 0.482. The summed E-state index contributed by atoms with van der Waals surface area (Å²) in [5.74, 6) is -0.355. The van der Waals surface area contributed by atoms with Crippen LogP contribution in [0.4, 0.5) is 0 Å². The monoisotopic (exact) mass is 211 g/mol. The lowest BCUT2D eigenvalue weighted by Gasteiger charge is -2.01. The van der Waals surface area contributed by atoms with Gasteiger partial charge < -0.3 is 0 Å². The molecule has 0 aromatic heterocycles. The van der Waals surface area contributed by atoms with Crippen molar-refractivity contribution in [3.63, 3.8) is 0 Å². The molecule has 0 aliphatic rings. The quantitative estimate of drug-likeness (QED) is 0.756. The molecule has 0 saturated carbocycles. The molecule has 0 bridgehead atoms. The Hall–Kier alpha value is -1.38.